The topological polar surface area (TPSA) is 60.5 Å². The number of benzene rings is 1. The number of rotatable bonds is 7. The van der Waals surface area contributed by atoms with E-state index in [0.29, 0.717) is 29.7 Å². The van der Waals surface area contributed by atoms with Crippen molar-refractivity contribution in [3.63, 3.8) is 0 Å². The van der Waals surface area contributed by atoms with Gasteiger partial charge in [-0.3, -0.25) is 4.79 Å². The summed E-state index contributed by atoms with van der Waals surface area (Å²) in [6.45, 7) is 2.80. The van der Waals surface area contributed by atoms with E-state index in [-0.39, 0.29) is 5.91 Å². The number of carbonyl (C=O) groups excluding carboxylic acids is 1. The molecule has 134 valence electrons. The second-order valence-electron chi connectivity index (χ2n) is 5.49. The monoisotopic (exact) mass is 368 g/mol. The van der Waals surface area contributed by atoms with E-state index >= 15 is 0 Å². The van der Waals surface area contributed by atoms with Crippen molar-refractivity contribution < 1.29 is 14.3 Å². The second-order valence-corrected chi connectivity index (χ2v) is 6.54. The maximum absolute atomic E-state index is 12.7. The summed E-state index contributed by atoms with van der Waals surface area (Å²) >= 11 is 1.43. The summed E-state index contributed by atoms with van der Waals surface area (Å²) in [6, 6.07) is 15.5. The van der Waals surface area contributed by atoms with Crippen molar-refractivity contribution in [3.05, 3.63) is 65.2 Å². The number of aromatic nitrogens is 1. The van der Waals surface area contributed by atoms with Crippen molar-refractivity contribution in [2.45, 2.75) is 13.5 Å². The first-order valence-electron chi connectivity index (χ1n) is 8.30. The first-order valence-corrected chi connectivity index (χ1v) is 9.12. The summed E-state index contributed by atoms with van der Waals surface area (Å²) < 4.78 is 10.8. The van der Waals surface area contributed by atoms with Crippen LogP contribution in [0.2, 0.25) is 0 Å². The van der Waals surface area contributed by atoms with Crippen LogP contribution in [0.4, 0.5) is 0 Å². The van der Waals surface area contributed by atoms with Crippen LogP contribution in [0.3, 0.4) is 0 Å². The third-order valence-corrected chi connectivity index (χ3v) is 4.89. The first kappa shape index (κ1) is 17.9. The Morgan fingerprint density at radius 1 is 1.19 bits per heavy atom. The molecule has 1 aromatic carbocycles. The van der Waals surface area contributed by atoms with Crippen LogP contribution in [-0.2, 0) is 6.54 Å². The Kier molecular flexibility index (Phi) is 5.86. The molecule has 0 saturated heterocycles. The van der Waals surface area contributed by atoms with Crippen molar-refractivity contribution in [1.29, 1.82) is 0 Å². The molecule has 1 N–H and O–H groups in total. The zero-order valence-corrected chi connectivity index (χ0v) is 15.5. The van der Waals surface area contributed by atoms with Gasteiger partial charge in [-0.25, -0.2) is 4.98 Å². The molecule has 0 unspecified atom stereocenters. The Morgan fingerprint density at radius 3 is 2.73 bits per heavy atom. The van der Waals surface area contributed by atoms with Crippen LogP contribution in [0.25, 0.3) is 10.4 Å². The average Bonchev–Trinajstić information content (AvgIpc) is 3.11. The molecule has 2 aromatic heterocycles. The molecule has 6 heteroatoms. The largest absolute Gasteiger partial charge is 0.492 e. The quantitative estimate of drug-likeness (QED) is 0.681. The molecule has 3 rings (SSSR count). The Morgan fingerprint density at radius 2 is 2.00 bits per heavy atom. The van der Waals surface area contributed by atoms with E-state index in [1.54, 1.807) is 19.4 Å². The highest BCUT2D eigenvalue weighted by Gasteiger charge is 2.18. The molecule has 0 spiro atoms. The van der Waals surface area contributed by atoms with Crippen LogP contribution < -0.4 is 14.8 Å². The highest BCUT2D eigenvalue weighted by molar-refractivity contribution is 7.17. The lowest BCUT2D eigenvalue weighted by atomic mass is 10.2. The van der Waals surface area contributed by atoms with Gasteiger partial charge >= 0.3 is 0 Å². The van der Waals surface area contributed by atoms with Crippen molar-refractivity contribution in [2.24, 2.45) is 0 Å². The zero-order chi connectivity index (χ0) is 18.4. The molecule has 5 nitrogen and oxygen atoms in total. The van der Waals surface area contributed by atoms with Gasteiger partial charge in [0.1, 0.15) is 10.6 Å². The van der Waals surface area contributed by atoms with Crippen LogP contribution in [0, 0.1) is 0 Å². The predicted octanol–water partition coefficient (Wildman–Crippen LogP) is 4.15. The van der Waals surface area contributed by atoms with E-state index in [1.165, 1.54) is 11.3 Å². The lowest BCUT2D eigenvalue weighted by Crippen LogP contribution is -2.22. The number of thiophene rings is 1. The lowest BCUT2D eigenvalue weighted by molar-refractivity contribution is 0.0951. The van der Waals surface area contributed by atoms with Crippen molar-refractivity contribution in [2.75, 3.05) is 13.7 Å². The highest BCUT2D eigenvalue weighted by atomic mass is 32.1. The minimum atomic E-state index is -0.156. The van der Waals surface area contributed by atoms with E-state index in [1.807, 2.05) is 49.4 Å². The van der Waals surface area contributed by atoms with Crippen molar-refractivity contribution in [1.82, 2.24) is 10.3 Å². The number of hydrogen-bond donors (Lipinski definition) is 1. The number of nitrogens with one attached hydrogen (secondary N) is 1. The van der Waals surface area contributed by atoms with E-state index < -0.39 is 0 Å². The zero-order valence-electron chi connectivity index (χ0n) is 14.7. The Bertz CT molecular complexity index is 878. The third kappa shape index (κ3) is 4.21. The molecule has 26 heavy (non-hydrogen) atoms. The fraction of sp³-hybridized carbons (Fsp3) is 0.200. The second kappa shape index (κ2) is 8.49. The van der Waals surface area contributed by atoms with Gasteiger partial charge in [0.25, 0.3) is 5.91 Å². The van der Waals surface area contributed by atoms with Gasteiger partial charge in [-0.1, -0.05) is 30.3 Å². The van der Waals surface area contributed by atoms with E-state index in [4.69, 9.17) is 9.47 Å². The van der Waals surface area contributed by atoms with Gasteiger partial charge in [0.05, 0.1) is 13.7 Å². The summed E-state index contributed by atoms with van der Waals surface area (Å²) in [5.41, 5.74) is 1.99. The van der Waals surface area contributed by atoms with Crippen molar-refractivity contribution >= 4 is 17.2 Å². The lowest BCUT2D eigenvalue weighted by Gasteiger charge is -2.07. The molecule has 0 aliphatic rings. The van der Waals surface area contributed by atoms with Crippen LogP contribution in [0.1, 0.15) is 22.2 Å². The molecule has 0 bridgehead atoms. The highest BCUT2D eigenvalue weighted by Crippen LogP contribution is 2.36. The van der Waals surface area contributed by atoms with Crippen LogP contribution in [0.5, 0.6) is 11.6 Å². The smallest absolute Gasteiger partial charge is 0.265 e. The molecule has 2 heterocycles. The molecule has 0 aliphatic heterocycles. The number of nitrogens with zero attached hydrogens (tertiary/aromatic N) is 1. The molecule has 0 fully saturated rings. The Balaban J connectivity index is 1.78. The van der Waals surface area contributed by atoms with E-state index in [2.05, 4.69) is 10.3 Å². The number of carbonyl (C=O) groups is 1. The number of pyridine rings is 1. The van der Waals surface area contributed by atoms with Crippen molar-refractivity contribution in [3.8, 4) is 22.1 Å². The number of amides is 1. The van der Waals surface area contributed by atoms with Crippen LogP contribution >= 0.6 is 11.3 Å². The molecule has 1 amide bonds. The minimum absolute atomic E-state index is 0.156. The van der Waals surface area contributed by atoms with Gasteiger partial charge in [-0.15, -0.1) is 11.3 Å². The minimum Gasteiger partial charge on any atom is -0.492 e. The predicted molar refractivity (Wildman–Crippen MR) is 103 cm³/mol. The van der Waals surface area contributed by atoms with Gasteiger partial charge in [0, 0.05) is 23.7 Å². The molecular formula is C20H20N2O3S. The van der Waals surface area contributed by atoms with E-state index in [9.17, 15) is 4.79 Å². The normalized spacial score (nSPS) is 10.4. The Labute approximate surface area is 156 Å². The van der Waals surface area contributed by atoms with Gasteiger partial charge in [-0.05, 0) is 30.2 Å². The summed E-state index contributed by atoms with van der Waals surface area (Å²) in [7, 11) is 1.57. The first-order chi connectivity index (χ1) is 12.7. The molecule has 0 saturated carbocycles. The summed E-state index contributed by atoms with van der Waals surface area (Å²) in [4.78, 5) is 18.3. The summed E-state index contributed by atoms with van der Waals surface area (Å²) in [5, 5.41) is 2.94. The SMILES string of the molecule is CCOc1cc(-c2ccccc2)sc1C(=O)NCc1ccnc(OC)c1. The molecular weight excluding hydrogens is 348 g/mol. The average molecular weight is 368 g/mol. The molecule has 0 atom stereocenters. The number of ether oxygens (including phenoxy) is 2. The summed E-state index contributed by atoms with van der Waals surface area (Å²) in [6.07, 6.45) is 1.66. The van der Waals surface area contributed by atoms with Gasteiger partial charge in [0.2, 0.25) is 5.88 Å². The van der Waals surface area contributed by atoms with Gasteiger partial charge in [0.15, 0.2) is 0 Å². The van der Waals surface area contributed by atoms with Gasteiger partial charge in [-0.2, -0.15) is 0 Å². The maximum Gasteiger partial charge on any atom is 0.265 e. The third-order valence-electron chi connectivity index (χ3n) is 3.72. The van der Waals surface area contributed by atoms with E-state index in [0.717, 1.165) is 16.0 Å². The fourth-order valence-corrected chi connectivity index (χ4v) is 3.50. The molecule has 0 aliphatic carbocycles. The fourth-order valence-electron chi connectivity index (χ4n) is 2.47. The standard InChI is InChI=1S/C20H20N2O3S/c1-3-25-16-12-17(15-7-5-4-6-8-15)26-19(16)20(23)22-13-14-9-10-21-18(11-14)24-2/h4-12H,3,13H2,1-2H3,(H,22,23). The van der Waals surface area contributed by atoms with Gasteiger partial charge < -0.3 is 14.8 Å². The number of methoxy groups -OCH3 is 1. The number of hydrogen-bond acceptors (Lipinski definition) is 5. The molecule has 0 radical (unpaired) electrons. The maximum atomic E-state index is 12.7. The summed E-state index contributed by atoms with van der Waals surface area (Å²) in [5.74, 6) is 0.979. The molecule has 3 aromatic rings. The van der Waals surface area contributed by atoms with Crippen LogP contribution in [0.15, 0.2) is 54.7 Å². The Hall–Kier alpha value is -2.86. The van der Waals surface area contributed by atoms with Crippen LogP contribution in [-0.4, -0.2) is 24.6 Å².